The molecule has 0 unspecified atom stereocenters. The lowest BCUT2D eigenvalue weighted by atomic mass is 10.2. The van der Waals surface area contributed by atoms with Gasteiger partial charge in [-0.15, -0.1) is 0 Å². The molecule has 2 aromatic heterocycles. The minimum Gasteiger partial charge on any atom is -0.485 e. The van der Waals surface area contributed by atoms with E-state index in [4.69, 9.17) is 4.74 Å². The maximum Gasteiger partial charge on any atom is 0.146 e. The Kier molecular flexibility index (Phi) is 3.12. The van der Waals surface area contributed by atoms with Gasteiger partial charge in [0, 0.05) is 11.6 Å². The first kappa shape index (κ1) is 12.7. The Morgan fingerprint density at radius 3 is 2.64 bits per heavy atom. The summed E-state index contributed by atoms with van der Waals surface area (Å²) in [5.74, 6) is 0.757. The van der Waals surface area contributed by atoms with Crippen LogP contribution in [0.25, 0.3) is 21.9 Å². The summed E-state index contributed by atoms with van der Waals surface area (Å²) in [6, 6.07) is 17.6. The minimum absolute atomic E-state index is 0.369. The highest BCUT2D eigenvalue weighted by Gasteiger charge is 2.05. The summed E-state index contributed by atoms with van der Waals surface area (Å²) in [7, 11) is 0. The first-order valence-corrected chi connectivity index (χ1v) is 7.07. The smallest absolute Gasteiger partial charge is 0.146 e. The monoisotopic (exact) mass is 287 g/mol. The predicted octanol–water partition coefficient (Wildman–Crippen LogP) is 3.76. The van der Waals surface area contributed by atoms with E-state index in [0.29, 0.717) is 6.61 Å². The molecule has 106 valence electrons. The van der Waals surface area contributed by atoms with Gasteiger partial charge in [-0.25, -0.2) is 4.98 Å². The number of benzene rings is 2. The van der Waals surface area contributed by atoms with Crippen molar-refractivity contribution in [3.63, 3.8) is 0 Å². The van der Waals surface area contributed by atoms with Crippen molar-refractivity contribution in [3.05, 3.63) is 72.7 Å². The molecule has 0 amide bonds. The van der Waals surface area contributed by atoms with Gasteiger partial charge in [-0.3, -0.25) is 9.97 Å². The Hall–Kier alpha value is -3.01. The van der Waals surface area contributed by atoms with Crippen molar-refractivity contribution in [2.24, 2.45) is 0 Å². The maximum atomic E-state index is 5.89. The molecule has 0 saturated carbocycles. The average Bonchev–Trinajstić information content (AvgIpc) is 2.60. The summed E-state index contributed by atoms with van der Waals surface area (Å²) in [5.41, 5.74) is 3.42. The molecule has 0 saturated heterocycles. The summed E-state index contributed by atoms with van der Waals surface area (Å²) < 4.78 is 5.89. The molecule has 0 bridgehead atoms. The third kappa shape index (κ3) is 2.35. The fraction of sp³-hybridized carbons (Fsp3) is 0.0556. The van der Waals surface area contributed by atoms with Gasteiger partial charge in [-0.05, 0) is 24.3 Å². The molecule has 0 aliphatic carbocycles. The van der Waals surface area contributed by atoms with Gasteiger partial charge < -0.3 is 4.74 Å². The fourth-order valence-electron chi connectivity index (χ4n) is 2.41. The molecule has 0 atom stereocenters. The van der Waals surface area contributed by atoms with Crippen LogP contribution in [0.2, 0.25) is 0 Å². The van der Waals surface area contributed by atoms with Gasteiger partial charge in [-0.1, -0.05) is 30.3 Å². The second kappa shape index (κ2) is 5.41. The van der Waals surface area contributed by atoms with Crippen LogP contribution in [0.4, 0.5) is 0 Å². The molecule has 0 radical (unpaired) electrons. The highest BCUT2D eigenvalue weighted by atomic mass is 16.5. The molecule has 0 spiro atoms. The second-order valence-corrected chi connectivity index (χ2v) is 4.97. The summed E-state index contributed by atoms with van der Waals surface area (Å²) in [5, 5.41) is 1.06. The lowest BCUT2D eigenvalue weighted by molar-refractivity contribution is 0.304. The van der Waals surface area contributed by atoms with Crippen LogP contribution in [-0.2, 0) is 6.61 Å². The predicted molar refractivity (Wildman–Crippen MR) is 85.6 cm³/mol. The van der Waals surface area contributed by atoms with Crippen LogP contribution in [0, 0.1) is 0 Å². The van der Waals surface area contributed by atoms with E-state index in [2.05, 4.69) is 15.0 Å². The van der Waals surface area contributed by atoms with Gasteiger partial charge >= 0.3 is 0 Å². The lowest BCUT2D eigenvalue weighted by Gasteiger charge is -2.08. The van der Waals surface area contributed by atoms with Gasteiger partial charge in [0.2, 0.25) is 0 Å². The molecular formula is C18H13N3O. The Bertz CT molecular complexity index is 947. The number of rotatable bonds is 3. The molecule has 0 fully saturated rings. The van der Waals surface area contributed by atoms with Crippen LogP contribution >= 0.6 is 0 Å². The zero-order valence-corrected chi connectivity index (χ0v) is 11.8. The van der Waals surface area contributed by atoms with E-state index in [0.717, 1.165) is 33.4 Å². The minimum atomic E-state index is 0.369. The van der Waals surface area contributed by atoms with Crippen molar-refractivity contribution in [1.29, 1.82) is 0 Å². The lowest BCUT2D eigenvalue weighted by Crippen LogP contribution is -2.00. The van der Waals surface area contributed by atoms with Crippen LogP contribution in [-0.4, -0.2) is 15.0 Å². The number of nitrogens with zero attached hydrogens (tertiary/aromatic N) is 3. The van der Waals surface area contributed by atoms with Crippen molar-refractivity contribution in [2.45, 2.75) is 6.61 Å². The third-order valence-corrected chi connectivity index (χ3v) is 3.47. The zero-order chi connectivity index (χ0) is 14.8. The highest BCUT2D eigenvalue weighted by Crippen LogP contribution is 2.23. The van der Waals surface area contributed by atoms with Crippen molar-refractivity contribution < 1.29 is 4.74 Å². The molecule has 4 heteroatoms. The summed E-state index contributed by atoms with van der Waals surface area (Å²) in [6.07, 6.45) is 3.52. The first-order valence-electron chi connectivity index (χ1n) is 7.07. The Morgan fingerprint density at radius 2 is 1.68 bits per heavy atom. The van der Waals surface area contributed by atoms with E-state index in [-0.39, 0.29) is 0 Å². The average molecular weight is 287 g/mol. The van der Waals surface area contributed by atoms with Crippen molar-refractivity contribution in [2.75, 3.05) is 0 Å². The van der Waals surface area contributed by atoms with Gasteiger partial charge in [-0.2, -0.15) is 0 Å². The number of aromatic nitrogens is 3. The molecule has 2 heterocycles. The molecular weight excluding hydrogens is 274 g/mol. The van der Waals surface area contributed by atoms with E-state index in [1.54, 1.807) is 12.4 Å². The van der Waals surface area contributed by atoms with E-state index >= 15 is 0 Å². The van der Waals surface area contributed by atoms with Crippen molar-refractivity contribution in [3.8, 4) is 5.75 Å². The van der Waals surface area contributed by atoms with E-state index < -0.39 is 0 Å². The molecule has 4 aromatic rings. The van der Waals surface area contributed by atoms with Crippen molar-refractivity contribution in [1.82, 2.24) is 15.0 Å². The number of fused-ring (bicyclic) bond motifs is 2. The van der Waals surface area contributed by atoms with Gasteiger partial charge in [0.05, 0.1) is 22.9 Å². The number of ether oxygens (including phenoxy) is 1. The van der Waals surface area contributed by atoms with Gasteiger partial charge in [0.25, 0.3) is 0 Å². The second-order valence-electron chi connectivity index (χ2n) is 4.97. The first-order chi connectivity index (χ1) is 10.9. The summed E-state index contributed by atoms with van der Waals surface area (Å²) >= 11 is 0. The molecule has 22 heavy (non-hydrogen) atoms. The normalized spacial score (nSPS) is 10.9. The Balaban J connectivity index is 1.63. The van der Waals surface area contributed by atoms with Gasteiger partial charge in [0.15, 0.2) is 0 Å². The van der Waals surface area contributed by atoms with E-state index in [9.17, 15) is 0 Å². The van der Waals surface area contributed by atoms with E-state index in [1.165, 1.54) is 0 Å². The van der Waals surface area contributed by atoms with Crippen LogP contribution in [0.15, 0.2) is 67.0 Å². The molecule has 0 N–H and O–H groups in total. The molecule has 0 aliphatic heterocycles. The fourth-order valence-corrected chi connectivity index (χ4v) is 2.41. The number of pyridine rings is 1. The Morgan fingerprint density at radius 1 is 0.818 bits per heavy atom. The van der Waals surface area contributed by atoms with Crippen LogP contribution in [0.3, 0.4) is 0 Å². The topological polar surface area (TPSA) is 47.9 Å². The molecule has 0 aliphatic rings. The molecule has 4 nitrogen and oxygen atoms in total. The number of para-hydroxylation sites is 3. The van der Waals surface area contributed by atoms with Gasteiger partial charge in [0.1, 0.15) is 17.9 Å². The quantitative estimate of drug-likeness (QED) is 0.575. The zero-order valence-electron chi connectivity index (χ0n) is 11.8. The number of hydrogen-bond acceptors (Lipinski definition) is 4. The number of hydrogen-bond donors (Lipinski definition) is 0. The third-order valence-electron chi connectivity index (χ3n) is 3.47. The largest absolute Gasteiger partial charge is 0.485 e. The summed E-state index contributed by atoms with van der Waals surface area (Å²) in [4.78, 5) is 13.3. The SMILES string of the molecule is c1cnc2c(OCc3cnc4ccccc4n3)cccc2c1. The maximum absolute atomic E-state index is 5.89. The summed E-state index contributed by atoms with van der Waals surface area (Å²) in [6.45, 7) is 0.369. The van der Waals surface area contributed by atoms with E-state index in [1.807, 2.05) is 54.6 Å². The van der Waals surface area contributed by atoms with Crippen LogP contribution in [0.1, 0.15) is 5.69 Å². The van der Waals surface area contributed by atoms with Crippen LogP contribution < -0.4 is 4.74 Å². The standard InChI is InChI=1S/C18H13N3O/c1-2-8-16-15(7-1)20-11-14(21-16)12-22-17-9-3-5-13-6-4-10-19-18(13)17/h1-11H,12H2. The highest BCUT2D eigenvalue weighted by molar-refractivity contribution is 5.84. The molecule has 4 rings (SSSR count). The Labute approximate surface area is 127 Å². The van der Waals surface area contributed by atoms with Crippen LogP contribution in [0.5, 0.6) is 5.75 Å². The molecule has 2 aromatic carbocycles. The van der Waals surface area contributed by atoms with Crippen molar-refractivity contribution >= 4 is 21.9 Å².